The van der Waals surface area contributed by atoms with Gasteiger partial charge in [-0.15, -0.1) is 5.10 Å². The van der Waals surface area contributed by atoms with Crippen molar-refractivity contribution in [3.63, 3.8) is 0 Å². The predicted octanol–water partition coefficient (Wildman–Crippen LogP) is 5.36. The van der Waals surface area contributed by atoms with Gasteiger partial charge in [0.05, 0.1) is 29.1 Å². The third kappa shape index (κ3) is 4.69. The molecule has 2 atom stereocenters. The lowest BCUT2D eigenvalue weighted by Gasteiger charge is -2.46. The van der Waals surface area contributed by atoms with Gasteiger partial charge in [0.25, 0.3) is 0 Å². The van der Waals surface area contributed by atoms with E-state index in [9.17, 15) is 4.79 Å². The van der Waals surface area contributed by atoms with Gasteiger partial charge in [-0.25, -0.2) is 4.68 Å². The van der Waals surface area contributed by atoms with Crippen molar-refractivity contribution in [2.24, 2.45) is 0 Å². The predicted molar refractivity (Wildman–Crippen MR) is 150 cm³/mol. The van der Waals surface area contributed by atoms with Crippen molar-refractivity contribution in [2.45, 2.75) is 25.6 Å². The second-order valence-corrected chi connectivity index (χ2v) is 9.75. The molecule has 0 saturated carbocycles. The van der Waals surface area contributed by atoms with Crippen molar-refractivity contribution in [1.29, 1.82) is 0 Å². The van der Waals surface area contributed by atoms with Gasteiger partial charge in [-0.1, -0.05) is 77.0 Å². The van der Waals surface area contributed by atoms with E-state index in [4.69, 9.17) is 11.6 Å². The number of nitrogens with one attached hydrogen (secondary N) is 1. The van der Waals surface area contributed by atoms with Crippen LogP contribution < -0.4 is 10.2 Å². The minimum Gasteiger partial charge on any atom is -0.302 e. The van der Waals surface area contributed by atoms with Crippen LogP contribution in [-0.2, 0) is 11.3 Å². The summed E-state index contributed by atoms with van der Waals surface area (Å²) in [5, 5.41) is 13.6. The number of hydrogen-bond acceptors (Lipinski definition) is 5. The first-order valence-electron chi connectivity index (χ1n) is 12.4. The largest absolute Gasteiger partial charge is 0.302 e. The Hall–Kier alpha value is -4.33. The highest BCUT2D eigenvalue weighted by Crippen LogP contribution is 2.30. The topological polar surface area (TPSA) is 75.9 Å². The van der Waals surface area contributed by atoms with Crippen LogP contribution in [0.1, 0.15) is 16.8 Å². The van der Waals surface area contributed by atoms with Crippen LogP contribution in [0, 0.1) is 6.92 Å². The van der Waals surface area contributed by atoms with Crippen LogP contribution in [-0.4, -0.2) is 38.0 Å². The second kappa shape index (κ2) is 10.2. The monoisotopic (exact) mass is 520 g/mol. The molecule has 1 aliphatic rings. The number of hydrogen-bond donors (Lipinski definition) is 1. The van der Waals surface area contributed by atoms with Gasteiger partial charge >= 0.3 is 0 Å². The third-order valence-corrected chi connectivity index (χ3v) is 6.95. The number of aryl methyl sites for hydroxylation is 1. The average Bonchev–Trinajstić information content (AvgIpc) is 3.41. The zero-order chi connectivity index (χ0) is 26.1. The first kappa shape index (κ1) is 24.0. The van der Waals surface area contributed by atoms with Crippen LogP contribution in [0.2, 0.25) is 5.02 Å². The van der Waals surface area contributed by atoms with E-state index < -0.39 is 0 Å². The lowest BCUT2D eigenvalue weighted by atomic mass is 9.92. The standard InChI is InChI=1S/C30H25ClN6O/c1-20-7-11-24(12-8-20)37-28(14-9-21-5-3-2-4-6-21)29(30(37)38)33-18-23-19-36(35-34-23)27-15-16-32-26-17-22(31)10-13-25(26)27/h2-17,19,28-29,33H,18H2,1H3/b14-9+/t28-,29+/m1/s1. The maximum Gasteiger partial charge on any atom is 0.247 e. The minimum absolute atomic E-state index is 0.0287. The first-order chi connectivity index (χ1) is 18.6. The Labute approximate surface area is 225 Å². The number of β-lactam (4-membered cyclic amide) rings is 1. The average molecular weight is 521 g/mol. The Kier molecular flexibility index (Phi) is 6.45. The fourth-order valence-corrected chi connectivity index (χ4v) is 4.88. The fraction of sp³-hybridized carbons (Fsp3) is 0.133. The maximum atomic E-state index is 13.3. The molecule has 0 radical (unpaired) electrons. The van der Waals surface area contributed by atoms with E-state index in [-0.39, 0.29) is 18.0 Å². The van der Waals surface area contributed by atoms with Gasteiger partial charge in [-0.05, 0) is 48.9 Å². The lowest BCUT2D eigenvalue weighted by Crippen LogP contribution is -2.69. The van der Waals surface area contributed by atoms with Crippen LogP contribution in [0.15, 0.2) is 97.3 Å². The Bertz CT molecular complexity index is 1630. The number of nitrogens with zero attached hydrogens (tertiary/aromatic N) is 5. The van der Waals surface area contributed by atoms with E-state index in [0.717, 1.165) is 39.1 Å². The molecule has 5 aromatic rings. The molecule has 6 rings (SSSR count). The molecule has 1 fully saturated rings. The molecule has 38 heavy (non-hydrogen) atoms. The highest BCUT2D eigenvalue weighted by molar-refractivity contribution is 6.31. The molecule has 3 heterocycles. The van der Waals surface area contributed by atoms with Crippen LogP contribution in [0.3, 0.4) is 0 Å². The number of carbonyl (C=O) groups excluding carboxylic acids is 1. The zero-order valence-electron chi connectivity index (χ0n) is 20.7. The first-order valence-corrected chi connectivity index (χ1v) is 12.8. The normalized spacial score (nSPS) is 17.3. The van der Waals surface area contributed by atoms with Crippen molar-refractivity contribution in [1.82, 2.24) is 25.3 Å². The van der Waals surface area contributed by atoms with Gasteiger partial charge in [0.1, 0.15) is 6.04 Å². The summed E-state index contributed by atoms with van der Waals surface area (Å²) >= 11 is 6.13. The Morgan fingerprint density at radius 1 is 1.03 bits per heavy atom. The van der Waals surface area contributed by atoms with E-state index in [1.165, 1.54) is 0 Å². The fourth-order valence-electron chi connectivity index (χ4n) is 4.71. The highest BCUT2D eigenvalue weighted by Gasteiger charge is 2.46. The summed E-state index contributed by atoms with van der Waals surface area (Å²) in [6.45, 7) is 2.44. The molecule has 2 aromatic heterocycles. The number of pyridine rings is 1. The van der Waals surface area contributed by atoms with E-state index in [1.807, 2.05) is 96.9 Å². The SMILES string of the molecule is Cc1ccc(N2C(=O)[C@@H](NCc3cn(-c4ccnc5cc(Cl)ccc45)nn3)[C@H]2/C=C/c2ccccc2)cc1. The molecule has 8 heteroatoms. The number of benzene rings is 3. The third-order valence-electron chi connectivity index (χ3n) is 6.71. The number of rotatable bonds is 7. The highest BCUT2D eigenvalue weighted by atomic mass is 35.5. The van der Waals surface area contributed by atoms with Gasteiger partial charge in [0.2, 0.25) is 5.91 Å². The van der Waals surface area contributed by atoms with Crippen LogP contribution in [0.25, 0.3) is 22.7 Å². The molecule has 1 amide bonds. The van der Waals surface area contributed by atoms with Gasteiger partial charge in [0, 0.05) is 28.8 Å². The molecule has 1 N–H and O–H groups in total. The van der Waals surface area contributed by atoms with Crippen LogP contribution >= 0.6 is 11.6 Å². The number of fused-ring (bicyclic) bond motifs is 1. The summed E-state index contributed by atoms with van der Waals surface area (Å²) in [5.74, 6) is 0.0287. The van der Waals surface area contributed by atoms with Gasteiger partial charge in [-0.3, -0.25) is 15.1 Å². The van der Waals surface area contributed by atoms with Gasteiger partial charge in [-0.2, -0.15) is 0 Å². The van der Waals surface area contributed by atoms with Crippen molar-refractivity contribution < 1.29 is 4.79 Å². The quantitative estimate of drug-likeness (QED) is 0.292. The van der Waals surface area contributed by atoms with Crippen molar-refractivity contribution in [2.75, 3.05) is 4.90 Å². The van der Waals surface area contributed by atoms with Crippen LogP contribution in [0.5, 0.6) is 0 Å². The summed E-state index contributed by atoms with van der Waals surface area (Å²) < 4.78 is 1.73. The van der Waals surface area contributed by atoms with Gasteiger partial charge in [0.15, 0.2) is 0 Å². The van der Waals surface area contributed by atoms with Gasteiger partial charge < -0.3 is 4.90 Å². The molecule has 1 saturated heterocycles. The molecule has 1 aliphatic heterocycles. The van der Waals surface area contributed by atoms with Crippen molar-refractivity contribution >= 4 is 40.2 Å². The number of carbonyl (C=O) groups is 1. The molecule has 0 unspecified atom stereocenters. The molecular weight excluding hydrogens is 496 g/mol. The maximum absolute atomic E-state index is 13.3. The molecule has 3 aromatic carbocycles. The smallest absolute Gasteiger partial charge is 0.247 e. The van der Waals surface area contributed by atoms with Crippen molar-refractivity contribution in [3.8, 4) is 5.69 Å². The summed E-state index contributed by atoms with van der Waals surface area (Å²) in [7, 11) is 0. The number of aromatic nitrogens is 4. The number of halogens is 1. The summed E-state index contributed by atoms with van der Waals surface area (Å²) in [6.07, 6.45) is 7.74. The number of anilines is 1. The summed E-state index contributed by atoms with van der Waals surface area (Å²) in [4.78, 5) is 19.5. The van der Waals surface area contributed by atoms with E-state index in [0.29, 0.717) is 11.6 Å². The molecule has 0 aliphatic carbocycles. The lowest BCUT2D eigenvalue weighted by molar-refractivity contribution is -0.126. The van der Waals surface area contributed by atoms with Crippen molar-refractivity contribution in [3.05, 3.63) is 119 Å². The summed E-state index contributed by atoms with van der Waals surface area (Å²) in [5.41, 5.74) is 5.51. The minimum atomic E-state index is -0.370. The molecular formula is C30H25ClN6O. The Morgan fingerprint density at radius 2 is 1.84 bits per heavy atom. The Morgan fingerprint density at radius 3 is 2.66 bits per heavy atom. The molecule has 0 spiro atoms. The Balaban J connectivity index is 1.21. The van der Waals surface area contributed by atoms with E-state index in [1.54, 1.807) is 10.9 Å². The van der Waals surface area contributed by atoms with Crippen LogP contribution in [0.4, 0.5) is 5.69 Å². The molecule has 7 nitrogen and oxygen atoms in total. The zero-order valence-corrected chi connectivity index (χ0v) is 21.5. The van der Waals surface area contributed by atoms with E-state index in [2.05, 4.69) is 32.8 Å². The number of amides is 1. The molecule has 0 bridgehead atoms. The van der Waals surface area contributed by atoms with E-state index >= 15 is 0 Å². The second-order valence-electron chi connectivity index (χ2n) is 9.31. The summed E-state index contributed by atoms with van der Waals surface area (Å²) in [6, 6.07) is 25.1. The molecule has 188 valence electrons.